The van der Waals surface area contributed by atoms with Crippen molar-refractivity contribution in [3.63, 3.8) is 0 Å². The van der Waals surface area contributed by atoms with Crippen molar-refractivity contribution in [2.75, 3.05) is 0 Å². The summed E-state index contributed by atoms with van der Waals surface area (Å²) in [7, 11) is 0. The van der Waals surface area contributed by atoms with Crippen LogP contribution in [-0.4, -0.2) is 17.0 Å². The van der Waals surface area contributed by atoms with Gasteiger partial charge in [0.25, 0.3) is 0 Å². The van der Waals surface area contributed by atoms with Gasteiger partial charge < -0.3 is 5.11 Å². The first-order valence-electron chi connectivity index (χ1n) is 4.21. The summed E-state index contributed by atoms with van der Waals surface area (Å²) in [6.45, 7) is 0. The lowest BCUT2D eigenvalue weighted by Crippen LogP contribution is -2.32. The number of carboxylic acid groups (broad SMARTS) is 1. The standard InChI is InChI=1S/C9H3F7O2/c10-3-2(1-9(15,16)8(17)18)4(11)6(13)7(14)5(3)12/h1H2,(H,17,18). The zero-order chi connectivity index (χ0) is 14.2. The van der Waals surface area contributed by atoms with Gasteiger partial charge in [0.05, 0.1) is 6.42 Å². The average Bonchev–Trinajstić information content (AvgIpc) is 2.29. The quantitative estimate of drug-likeness (QED) is 0.523. The van der Waals surface area contributed by atoms with Crippen molar-refractivity contribution >= 4 is 5.97 Å². The molecule has 1 rings (SSSR count). The molecular weight excluding hydrogens is 273 g/mol. The summed E-state index contributed by atoms with van der Waals surface area (Å²) in [5, 5.41) is 8.02. The Morgan fingerprint density at radius 3 is 1.56 bits per heavy atom. The highest BCUT2D eigenvalue weighted by Gasteiger charge is 2.42. The van der Waals surface area contributed by atoms with E-state index < -0.39 is 53.0 Å². The molecule has 9 heteroatoms. The number of carbonyl (C=O) groups is 1. The van der Waals surface area contributed by atoms with Crippen LogP contribution in [0.1, 0.15) is 5.56 Å². The molecule has 0 saturated heterocycles. The van der Waals surface area contributed by atoms with E-state index in [0.717, 1.165) is 0 Å². The molecule has 100 valence electrons. The smallest absolute Gasteiger partial charge is 0.374 e. The minimum Gasteiger partial charge on any atom is -0.477 e. The van der Waals surface area contributed by atoms with Crippen LogP contribution >= 0.6 is 0 Å². The third-order valence-electron chi connectivity index (χ3n) is 2.01. The second-order valence-corrected chi connectivity index (χ2v) is 3.23. The van der Waals surface area contributed by atoms with Gasteiger partial charge in [-0.05, 0) is 0 Å². The molecular formula is C9H3F7O2. The fourth-order valence-electron chi connectivity index (χ4n) is 1.10. The van der Waals surface area contributed by atoms with E-state index in [1.165, 1.54) is 0 Å². The van der Waals surface area contributed by atoms with Gasteiger partial charge >= 0.3 is 11.9 Å². The average molecular weight is 276 g/mol. The minimum absolute atomic E-state index is 1.88. The number of halogens is 7. The van der Waals surface area contributed by atoms with Crippen LogP contribution in [0, 0.1) is 29.1 Å². The molecule has 0 amide bonds. The molecule has 18 heavy (non-hydrogen) atoms. The van der Waals surface area contributed by atoms with Gasteiger partial charge in [0.1, 0.15) is 0 Å². The number of aliphatic carboxylic acids is 1. The fraction of sp³-hybridized carbons (Fsp3) is 0.222. The molecule has 0 spiro atoms. The lowest BCUT2D eigenvalue weighted by molar-refractivity contribution is -0.164. The van der Waals surface area contributed by atoms with E-state index in [9.17, 15) is 35.5 Å². The zero-order valence-electron chi connectivity index (χ0n) is 8.21. The van der Waals surface area contributed by atoms with E-state index in [-0.39, 0.29) is 0 Å². The van der Waals surface area contributed by atoms with Crippen LogP contribution in [-0.2, 0) is 11.2 Å². The van der Waals surface area contributed by atoms with Crippen LogP contribution in [0.5, 0.6) is 0 Å². The van der Waals surface area contributed by atoms with Crippen molar-refractivity contribution in [1.29, 1.82) is 0 Å². The highest BCUT2D eigenvalue weighted by Crippen LogP contribution is 2.28. The number of alkyl halides is 2. The third-order valence-corrected chi connectivity index (χ3v) is 2.01. The molecule has 0 heterocycles. The van der Waals surface area contributed by atoms with Gasteiger partial charge in [-0.1, -0.05) is 0 Å². The van der Waals surface area contributed by atoms with E-state index in [4.69, 9.17) is 5.11 Å². The predicted molar refractivity (Wildman–Crippen MR) is 42.5 cm³/mol. The Balaban J connectivity index is 3.39. The lowest BCUT2D eigenvalue weighted by atomic mass is 10.0. The number of benzene rings is 1. The highest BCUT2D eigenvalue weighted by molar-refractivity contribution is 5.75. The summed E-state index contributed by atoms with van der Waals surface area (Å²) < 4.78 is 89.1. The molecule has 0 saturated carbocycles. The van der Waals surface area contributed by atoms with Gasteiger partial charge in [-0.15, -0.1) is 0 Å². The Hall–Kier alpha value is -1.80. The Morgan fingerprint density at radius 1 is 0.889 bits per heavy atom. The topological polar surface area (TPSA) is 37.3 Å². The van der Waals surface area contributed by atoms with Gasteiger partial charge in [-0.2, -0.15) is 8.78 Å². The van der Waals surface area contributed by atoms with Crippen molar-refractivity contribution in [2.24, 2.45) is 0 Å². The third kappa shape index (κ3) is 2.24. The molecule has 0 aliphatic carbocycles. The van der Waals surface area contributed by atoms with Gasteiger partial charge in [-0.25, -0.2) is 26.7 Å². The summed E-state index contributed by atoms with van der Waals surface area (Å²) in [4.78, 5) is 10.0. The fourth-order valence-corrected chi connectivity index (χ4v) is 1.10. The maximum absolute atomic E-state index is 12.9. The molecule has 1 aromatic rings. The Labute approximate surface area is 94.6 Å². The zero-order valence-corrected chi connectivity index (χ0v) is 8.21. The number of carboxylic acids is 1. The molecule has 0 radical (unpaired) electrons. The molecule has 0 atom stereocenters. The minimum atomic E-state index is -4.65. The molecule has 0 aliphatic heterocycles. The summed E-state index contributed by atoms with van der Waals surface area (Å²) in [5.74, 6) is -19.7. The Bertz CT molecular complexity index is 483. The monoisotopic (exact) mass is 276 g/mol. The van der Waals surface area contributed by atoms with E-state index >= 15 is 0 Å². The first-order valence-corrected chi connectivity index (χ1v) is 4.21. The van der Waals surface area contributed by atoms with Crippen LogP contribution in [0.4, 0.5) is 30.7 Å². The van der Waals surface area contributed by atoms with Crippen LogP contribution in [0.2, 0.25) is 0 Å². The van der Waals surface area contributed by atoms with Gasteiger partial charge in [0, 0.05) is 5.56 Å². The molecule has 0 bridgehead atoms. The highest BCUT2D eigenvalue weighted by atomic mass is 19.3. The van der Waals surface area contributed by atoms with Crippen molar-refractivity contribution < 1.29 is 40.6 Å². The normalized spacial score (nSPS) is 11.7. The molecule has 1 N–H and O–H groups in total. The van der Waals surface area contributed by atoms with Crippen LogP contribution < -0.4 is 0 Å². The van der Waals surface area contributed by atoms with Crippen molar-refractivity contribution in [1.82, 2.24) is 0 Å². The van der Waals surface area contributed by atoms with Crippen LogP contribution in [0.3, 0.4) is 0 Å². The maximum atomic E-state index is 12.9. The molecule has 2 nitrogen and oxygen atoms in total. The lowest BCUT2D eigenvalue weighted by Gasteiger charge is -2.13. The first kappa shape index (κ1) is 14.3. The second-order valence-electron chi connectivity index (χ2n) is 3.23. The van der Waals surface area contributed by atoms with Crippen molar-refractivity contribution in [3.05, 3.63) is 34.6 Å². The van der Waals surface area contributed by atoms with Gasteiger partial charge in [0.2, 0.25) is 5.82 Å². The van der Waals surface area contributed by atoms with Crippen molar-refractivity contribution in [2.45, 2.75) is 12.3 Å². The molecule has 0 aliphatic rings. The molecule has 1 aromatic carbocycles. The van der Waals surface area contributed by atoms with E-state index in [1.54, 1.807) is 0 Å². The first-order chi connectivity index (χ1) is 8.09. The summed E-state index contributed by atoms with van der Waals surface area (Å²) >= 11 is 0. The number of rotatable bonds is 3. The van der Waals surface area contributed by atoms with E-state index in [0.29, 0.717) is 0 Å². The SMILES string of the molecule is O=C(O)C(F)(F)Cc1c(F)c(F)c(F)c(F)c1F. The van der Waals surface area contributed by atoms with Crippen molar-refractivity contribution in [3.8, 4) is 0 Å². The summed E-state index contributed by atoms with van der Waals surface area (Å²) in [5.41, 5.74) is -1.88. The molecule has 0 unspecified atom stereocenters. The second kappa shape index (κ2) is 4.46. The predicted octanol–water partition coefficient (Wildman–Crippen LogP) is 2.64. The maximum Gasteiger partial charge on any atom is 0.374 e. The number of hydrogen-bond donors (Lipinski definition) is 1. The van der Waals surface area contributed by atoms with E-state index in [2.05, 4.69) is 0 Å². The van der Waals surface area contributed by atoms with Crippen LogP contribution in [0.15, 0.2) is 0 Å². The Kier molecular flexibility index (Phi) is 3.54. The number of hydrogen-bond acceptors (Lipinski definition) is 1. The van der Waals surface area contributed by atoms with Gasteiger partial charge in [0.15, 0.2) is 23.3 Å². The largest absolute Gasteiger partial charge is 0.477 e. The van der Waals surface area contributed by atoms with Crippen LogP contribution in [0.25, 0.3) is 0 Å². The van der Waals surface area contributed by atoms with E-state index in [1.807, 2.05) is 0 Å². The Morgan fingerprint density at radius 2 is 1.22 bits per heavy atom. The molecule has 0 fully saturated rings. The summed E-state index contributed by atoms with van der Waals surface area (Å²) in [6, 6.07) is 0. The molecule has 0 aromatic heterocycles. The van der Waals surface area contributed by atoms with Gasteiger partial charge in [-0.3, -0.25) is 0 Å². The summed E-state index contributed by atoms with van der Waals surface area (Å²) in [6.07, 6.45) is -2.14.